The fraction of sp³-hybridized carbons (Fsp3) is 0.529. The number of ether oxygens (including phenoxy) is 1. The molecular weight excluding hydrogens is 312 g/mol. The van der Waals surface area contributed by atoms with Crippen LogP contribution in [0.25, 0.3) is 0 Å². The maximum absolute atomic E-state index is 11.0. The number of nitrogens with zero attached hydrogens (tertiary/aromatic N) is 1. The summed E-state index contributed by atoms with van der Waals surface area (Å²) in [5.74, 6) is -0.165. The molecular formula is C17H30N2O5. The van der Waals surface area contributed by atoms with Crippen molar-refractivity contribution in [2.24, 2.45) is 5.73 Å². The van der Waals surface area contributed by atoms with E-state index in [-0.39, 0.29) is 23.5 Å². The molecule has 1 aliphatic rings. The molecule has 0 bridgehead atoms. The van der Waals surface area contributed by atoms with Crippen molar-refractivity contribution in [3.8, 4) is 0 Å². The number of amides is 1. The Morgan fingerprint density at radius 1 is 1.04 bits per heavy atom. The third-order valence-electron chi connectivity index (χ3n) is 1.99. The Kier molecular flexibility index (Phi) is 19.2. The van der Waals surface area contributed by atoms with E-state index in [0.717, 1.165) is 12.6 Å². The first-order valence-corrected chi connectivity index (χ1v) is 7.30. The van der Waals surface area contributed by atoms with E-state index in [1.807, 2.05) is 7.05 Å². The lowest BCUT2D eigenvalue weighted by atomic mass is 10.2. The fourth-order valence-corrected chi connectivity index (χ4v) is 1.08. The molecule has 7 heteroatoms. The van der Waals surface area contributed by atoms with Crippen LogP contribution in [0.4, 0.5) is 0 Å². The van der Waals surface area contributed by atoms with Gasteiger partial charge >= 0.3 is 0 Å². The van der Waals surface area contributed by atoms with Crippen LogP contribution in [0.1, 0.15) is 27.7 Å². The average Bonchev–Trinajstić information content (AvgIpc) is 2.45. The van der Waals surface area contributed by atoms with Gasteiger partial charge in [0.05, 0.1) is 6.61 Å². The standard InChI is InChI=1S/C8H13NO2.C3H5NO.2C3H6O/c1-3-7(10)8-6-9(2)4-5-11-8;1-2-3(4)5;2*1-3(2)4/h3,8H,1,4-6H2,2H3;2H,1H2,(H2,4,5);2*1-2H3. The second kappa shape index (κ2) is 17.2. The summed E-state index contributed by atoms with van der Waals surface area (Å²) in [5, 5.41) is 0. The number of nitrogens with two attached hydrogens (primary N) is 1. The quantitative estimate of drug-likeness (QED) is 0.764. The molecule has 1 aliphatic heterocycles. The van der Waals surface area contributed by atoms with Crippen molar-refractivity contribution in [3.05, 3.63) is 25.3 Å². The Balaban J connectivity index is -0.000000285. The van der Waals surface area contributed by atoms with Crippen LogP contribution in [0, 0.1) is 0 Å². The molecule has 0 aromatic carbocycles. The van der Waals surface area contributed by atoms with Crippen molar-refractivity contribution >= 4 is 23.3 Å². The molecule has 1 unspecified atom stereocenters. The van der Waals surface area contributed by atoms with Gasteiger partial charge < -0.3 is 25.0 Å². The smallest absolute Gasteiger partial charge is 0.240 e. The van der Waals surface area contributed by atoms with Crippen LogP contribution in [-0.4, -0.2) is 61.0 Å². The van der Waals surface area contributed by atoms with E-state index in [2.05, 4.69) is 23.8 Å². The summed E-state index contributed by atoms with van der Waals surface area (Å²) in [6.07, 6.45) is 2.09. The molecule has 2 N–H and O–H groups in total. The number of rotatable bonds is 3. The summed E-state index contributed by atoms with van der Waals surface area (Å²) >= 11 is 0. The van der Waals surface area contributed by atoms with Gasteiger partial charge in [-0.1, -0.05) is 13.2 Å². The minimum absolute atomic E-state index is 0.0171. The molecule has 1 heterocycles. The summed E-state index contributed by atoms with van der Waals surface area (Å²) < 4.78 is 5.24. The summed E-state index contributed by atoms with van der Waals surface area (Å²) in [6, 6.07) is 0. The van der Waals surface area contributed by atoms with Crippen LogP contribution < -0.4 is 5.73 Å². The van der Waals surface area contributed by atoms with Crippen molar-refractivity contribution in [2.45, 2.75) is 33.8 Å². The van der Waals surface area contributed by atoms with E-state index >= 15 is 0 Å². The minimum atomic E-state index is -0.481. The second-order valence-electron chi connectivity index (χ2n) is 5.15. The first kappa shape index (κ1) is 26.8. The van der Waals surface area contributed by atoms with Gasteiger partial charge in [0.1, 0.15) is 17.7 Å². The van der Waals surface area contributed by atoms with E-state index in [9.17, 15) is 19.2 Å². The van der Waals surface area contributed by atoms with Gasteiger partial charge in [-0.05, 0) is 46.9 Å². The highest BCUT2D eigenvalue weighted by atomic mass is 16.5. The normalized spacial score (nSPS) is 15.6. The van der Waals surface area contributed by atoms with E-state index < -0.39 is 5.91 Å². The molecule has 1 saturated heterocycles. The van der Waals surface area contributed by atoms with E-state index in [1.54, 1.807) is 0 Å². The van der Waals surface area contributed by atoms with Crippen LogP contribution in [-0.2, 0) is 23.9 Å². The van der Waals surface area contributed by atoms with Gasteiger partial charge in [0, 0.05) is 13.1 Å². The second-order valence-corrected chi connectivity index (χ2v) is 5.15. The predicted octanol–water partition coefficient (Wildman–Crippen LogP) is 0.920. The highest BCUT2D eigenvalue weighted by molar-refractivity contribution is 5.93. The third-order valence-corrected chi connectivity index (χ3v) is 1.99. The zero-order chi connectivity index (χ0) is 19.7. The van der Waals surface area contributed by atoms with Gasteiger partial charge in [-0.15, -0.1) is 0 Å². The van der Waals surface area contributed by atoms with Crippen molar-refractivity contribution in [3.63, 3.8) is 0 Å². The fourth-order valence-electron chi connectivity index (χ4n) is 1.08. The first-order chi connectivity index (χ1) is 11.0. The maximum Gasteiger partial charge on any atom is 0.240 e. The molecule has 0 aromatic rings. The monoisotopic (exact) mass is 342 g/mol. The number of carbonyl (C=O) groups is 4. The molecule has 1 fully saturated rings. The van der Waals surface area contributed by atoms with Gasteiger partial charge in [0.25, 0.3) is 0 Å². The number of hydrogen-bond donors (Lipinski definition) is 1. The first-order valence-electron chi connectivity index (χ1n) is 7.30. The average molecular weight is 342 g/mol. The largest absolute Gasteiger partial charge is 0.367 e. The molecule has 24 heavy (non-hydrogen) atoms. The van der Waals surface area contributed by atoms with Crippen LogP contribution in [0.2, 0.25) is 0 Å². The Morgan fingerprint density at radius 2 is 1.42 bits per heavy atom. The van der Waals surface area contributed by atoms with Crippen molar-refractivity contribution in [1.29, 1.82) is 0 Å². The SMILES string of the molecule is C=CC(=O)C1CN(C)CCO1.C=CC(N)=O.CC(C)=O.CC(C)=O. The molecule has 1 rings (SSSR count). The number of likely N-dealkylation sites (N-methyl/N-ethyl adjacent to an activating group) is 1. The molecule has 0 aromatic heterocycles. The number of Topliss-reactive ketones (excluding diaryl/α,β-unsaturated/α-hetero) is 2. The number of hydrogen-bond acceptors (Lipinski definition) is 6. The Morgan fingerprint density at radius 3 is 1.67 bits per heavy atom. The van der Waals surface area contributed by atoms with Gasteiger partial charge in [-0.3, -0.25) is 9.59 Å². The van der Waals surface area contributed by atoms with Crippen LogP contribution in [0.3, 0.4) is 0 Å². The molecule has 1 amide bonds. The predicted molar refractivity (Wildman–Crippen MR) is 94.5 cm³/mol. The van der Waals surface area contributed by atoms with Crippen molar-refractivity contribution < 1.29 is 23.9 Å². The number of morpholine rings is 1. The Bertz CT molecular complexity index is 413. The maximum atomic E-state index is 11.0. The number of primary amides is 1. The topological polar surface area (TPSA) is 107 Å². The van der Waals surface area contributed by atoms with E-state index in [1.165, 1.54) is 33.8 Å². The molecule has 7 nitrogen and oxygen atoms in total. The Labute approximate surface area is 144 Å². The van der Waals surface area contributed by atoms with Gasteiger partial charge in [0.2, 0.25) is 5.91 Å². The summed E-state index contributed by atoms with van der Waals surface area (Å²) in [7, 11) is 1.98. The summed E-state index contributed by atoms with van der Waals surface area (Å²) in [4.78, 5) is 41.5. The van der Waals surface area contributed by atoms with Crippen molar-refractivity contribution in [1.82, 2.24) is 4.90 Å². The molecule has 1 atom stereocenters. The Hall–Kier alpha value is -2.12. The molecule has 0 saturated carbocycles. The van der Waals surface area contributed by atoms with E-state index in [0.29, 0.717) is 13.2 Å². The highest BCUT2D eigenvalue weighted by Gasteiger charge is 2.21. The van der Waals surface area contributed by atoms with Crippen LogP contribution >= 0.6 is 0 Å². The zero-order valence-electron chi connectivity index (χ0n) is 15.3. The summed E-state index contributed by atoms with van der Waals surface area (Å²) in [6.45, 7) is 14.8. The number of carbonyl (C=O) groups excluding carboxylic acids is 4. The van der Waals surface area contributed by atoms with Crippen LogP contribution in [0.15, 0.2) is 25.3 Å². The lowest BCUT2D eigenvalue weighted by molar-refractivity contribution is -0.130. The molecule has 0 aliphatic carbocycles. The van der Waals surface area contributed by atoms with Gasteiger partial charge in [0.15, 0.2) is 5.78 Å². The molecule has 0 spiro atoms. The zero-order valence-corrected chi connectivity index (χ0v) is 15.3. The van der Waals surface area contributed by atoms with E-state index in [4.69, 9.17) is 4.74 Å². The van der Waals surface area contributed by atoms with Gasteiger partial charge in [-0.25, -0.2) is 0 Å². The van der Waals surface area contributed by atoms with Crippen LogP contribution in [0.5, 0.6) is 0 Å². The summed E-state index contributed by atoms with van der Waals surface area (Å²) in [5.41, 5.74) is 4.53. The lowest BCUT2D eigenvalue weighted by Crippen LogP contribution is -2.43. The molecule has 138 valence electrons. The lowest BCUT2D eigenvalue weighted by Gasteiger charge is -2.28. The van der Waals surface area contributed by atoms with Gasteiger partial charge in [-0.2, -0.15) is 0 Å². The third kappa shape index (κ3) is 28.1. The highest BCUT2D eigenvalue weighted by Crippen LogP contribution is 2.03. The minimum Gasteiger partial charge on any atom is -0.367 e. The van der Waals surface area contributed by atoms with Crippen molar-refractivity contribution in [2.75, 3.05) is 26.7 Å². The number of ketones is 3. The molecule has 0 radical (unpaired) electrons.